The molecule has 8 heteroatoms. The van der Waals surface area contributed by atoms with Crippen molar-refractivity contribution in [1.29, 1.82) is 0 Å². The summed E-state index contributed by atoms with van der Waals surface area (Å²) < 4.78 is 7.55. The van der Waals surface area contributed by atoms with Crippen molar-refractivity contribution >= 4 is 35.6 Å². The fourth-order valence-corrected chi connectivity index (χ4v) is 3.44. The predicted molar refractivity (Wildman–Crippen MR) is 132 cm³/mol. The Kier molecular flexibility index (Phi) is 9.61. The van der Waals surface area contributed by atoms with E-state index in [9.17, 15) is 0 Å². The number of guanidine groups is 1. The summed E-state index contributed by atoms with van der Waals surface area (Å²) in [6.07, 6.45) is 7.08. The third-order valence-corrected chi connectivity index (χ3v) is 5.12. The molecule has 0 spiro atoms. The van der Waals surface area contributed by atoms with Gasteiger partial charge in [-0.05, 0) is 38.3 Å². The zero-order valence-corrected chi connectivity index (χ0v) is 20.6. The molecule has 3 aromatic rings. The Morgan fingerprint density at radius 1 is 1.23 bits per heavy atom. The first kappa shape index (κ1) is 24.2. The number of hydrogen-bond acceptors (Lipinski definition) is 4. The number of aromatic nitrogens is 3. The van der Waals surface area contributed by atoms with E-state index in [1.165, 1.54) is 5.56 Å². The summed E-state index contributed by atoms with van der Waals surface area (Å²) in [5.41, 5.74) is 4.29. The molecule has 0 fully saturated rings. The quantitative estimate of drug-likeness (QED) is 0.246. The van der Waals surface area contributed by atoms with Crippen LogP contribution in [0.4, 0.5) is 0 Å². The number of imidazole rings is 1. The Morgan fingerprint density at radius 3 is 2.73 bits per heavy atom. The summed E-state index contributed by atoms with van der Waals surface area (Å²) in [5.74, 6) is 2.02. The van der Waals surface area contributed by atoms with Gasteiger partial charge in [-0.3, -0.25) is 0 Å². The Bertz CT molecular complexity index is 944. The number of halogens is 1. The van der Waals surface area contributed by atoms with E-state index in [1.807, 2.05) is 18.3 Å². The van der Waals surface area contributed by atoms with Gasteiger partial charge in [0.2, 0.25) is 0 Å². The molecular formula is C22H33IN6O. The Hall–Kier alpha value is -2.10. The van der Waals surface area contributed by atoms with Gasteiger partial charge in [-0.15, -0.1) is 24.0 Å². The van der Waals surface area contributed by atoms with Gasteiger partial charge >= 0.3 is 0 Å². The van der Waals surface area contributed by atoms with Gasteiger partial charge in [0, 0.05) is 43.9 Å². The molecular weight excluding hydrogens is 491 g/mol. The first-order valence-electron chi connectivity index (χ1n) is 10.5. The zero-order chi connectivity index (χ0) is 20.6. The van der Waals surface area contributed by atoms with Crippen LogP contribution >= 0.6 is 24.0 Å². The molecule has 0 saturated heterocycles. The van der Waals surface area contributed by atoms with Crippen molar-refractivity contribution in [2.75, 3.05) is 13.1 Å². The second kappa shape index (κ2) is 11.9. The minimum absolute atomic E-state index is 0. The highest BCUT2D eigenvalue weighted by atomic mass is 127. The minimum atomic E-state index is 0. The maximum Gasteiger partial charge on any atom is 0.191 e. The van der Waals surface area contributed by atoms with Gasteiger partial charge < -0.3 is 19.6 Å². The van der Waals surface area contributed by atoms with Crippen LogP contribution in [0.3, 0.4) is 0 Å². The number of pyridine rings is 1. The Balaban J connectivity index is 0.00000320. The van der Waals surface area contributed by atoms with Crippen LogP contribution < -0.4 is 10.6 Å². The van der Waals surface area contributed by atoms with Gasteiger partial charge in [0.05, 0.1) is 11.4 Å². The number of aliphatic imine (C=N–C) groups is 1. The topological polar surface area (TPSA) is 79.8 Å². The normalized spacial score (nSPS) is 11.7. The lowest BCUT2D eigenvalue weighted by atomic mass is 9.99. The molecule has 0 aliphatic rings. The molecule has 2 N–H and O–H groups in total. The lowest BCUT2D eigenvalue weighted by Gasteiger charge is -2.10. The lowest BCUT2D eigenvalue weighted by Crippen LogP contribution is -2.38. The molecule has 0 aromatic carbocycles. The molecule has 0 aliphatic carbocycles. The third kappa shape index (κ3) is 6.20. The molecule has 30 heavy (non-hydrogen) atoms. The Labute approximate surface area is 195 Å². The van der Waals surface area contributed by atoms with Crippen molar-refractivity contribution in [1.82, 2.24) is 25.2 Å². The van der Waals surface area contributed by atoms with Crippen LogP contribution in [-0.2, 0) is 13.0 Å². The van der Waals surface area contributed by atoms with Gasteiger partial charge in [0.15, 0.2) is 11.7 Å². The van der Waals surface area contributed by atoms with E-state index in [4.69, 9.17) is 9.51 Å². The maximum absolute atomic E-state index is 5.47. The first-order chi connectivity index (χ1) is 14.1. The number of fused-ring (bicyclic) bond motifs is 1. The van der Waals surface area contributed by atoms with Gasteiger partial charge in [-0.1, -0.05) is 25.1 Å². The second-order valence-corrected chi connectivity index (χ2v) is 7.26. The highest BCUT2D eigenvalue weighted by molar-refractivity contribution is 14.0. The first-order valence-corrected chi connectivity index (χ1v) is 10.5. The molecule has 3 heterocycles. The maximum atomic E-state index is 5.47. The number of rotatable bonds is 9. The van der Waals surface area contributed by atoms with Gasteiger partial charge in [-0.2, -0.15) is 0 Å². The summed E-state index contributed by atoms with van der Waals surface area (Å²) in [6, 6.07) is 6.16. The minimum Gasteiger partial charge on any atom is -0.359 e. The Morgan fingerprint density at radius 2 is 2.03 bits per heavy atom. The van der Waals surface area contributed by atoms with E-state index in [0.29, 0.717) is 12.5 Å². The van der Waals surface area contributed by atoms with Crippen LogP contribution in [0, 0.1) is 6.92 Å². The molecule has 3 aromatic heterocycles. The number of nitrogens with one attached hydrogen (secondary N) is 2. The van der Waals surface area contributed by atoms with Crippen LogP contribution in [0.15, 0.2) is 40.1 Å². The molecule has 0 radical (unpaired) electrons. The molecule has 0 bridgehead atoms. The van der Waals surface area contributed by atoms with Crippen LogP contribution in [0.1, 0.15) is 62.2 Å². The average molecular weight is 524 g/mol. The molecule has 0 amide bonds. The van der Waals surface area contributed by atoms with Crippen molar-refractivity contribution in [3.05, 3.63) is 53.3 Å². The summed E-state index contributed by atoms with van der Waals surface area (Å²) in [5, 5.41) is 10.9. The highest BCUT2D eigenvalue weighted by Crippen LogP contribution is 2.22. The largest absolute Gasteiger partial charge is 0.359 e. The van der Waals surface area contributed by atoms with Crippen molar-refractivity contribution in [2.45, 2.75) is 59.4 Å². The van der Waals surface area contributed by atoms with E-state index >= 15 is 0 Å². The molecule has 0 unspecified atom stereocenters. The average Bonchev–Trinajstić information content (AvgIpc) is 3.35. The fraction of sp³-hybridized carbons (Fsp3) is 0.500. The molecule has 164 valence electrons. The van der Waals surface area contributed by atoms with E-state index in [-0.39, 0.29) is 24.0 Å². The summed E-state index contributed by atoms with van der Waals surface area (Å²) >= 11 is 0. The van der Waals surface area contributed by atoms with Gasteiger partial charge in [0.1, 0.15) is 12.2 Å². The summed E-state index contributed by atoms with van der Waals surface area (Å²) in [7, 11) is 0. The predicted octanol–water partition coefficient (Wildman–Crippen LogP) is 4.45. The summed E-state index contributed by atoms with van der Waals surface area (Å²) in [4.78, 5) is 9.35. The van der Waals surface area contributed by atoms with E-state index in [1.54, 1.807) is 0 Å². The van der Waals surface area contributed by atoms with Crippen LogP contribution in [-0.4, -0.2) is 33.6 Å². The van der Waals surface area contributed by atoms with Crippen molar-refractivity contribution in [3.8, 4) is 0 Å². The van der Waals surface area contributed by atoms with Crippen molar-refractivity contribution in [2.24, 2.45) is 4.99 Å². The monoisotopic (exact) mass is 524 g/mol. The van der Waals surface area contributed by atoms with Gasteiger partial charge in [-0.25, -0.2) is 9.98 Å². The van der Waals surface area contributed by atoms with Gasteiger partial charge in [0.25, 0.3) is 0 Å². The van der Waals surface area contributed by atoms with E-state index < -0.39 is 0 Å². The van der Waals surface area contributed by atoms with Crippen molar-refractivity contribution < 1.29 is 4.52 Å². The van der Waals surface area contributed by atoms with E-state index in [0.717, 1.165) is 61.1 Å². The van der Waals surface area contributed by atoms with Crippen LogP contribution in [0.2, 0.25) is 0 Å². The fourth-order valence-electron chi connectivity index (χ4n) is 3.44. The molecule has 0 saturated carbocycles. The zero-order valence-electron chi connectivity index (χ0n) is 18.3. The SMILES string of the molecule is CCNC(=NCc1cc(C(CC)CC)no1)NCCc1cn2cccc(C)c2n1.I. The summed E-state index contributed by atoms with van der Waals surface area (Å²) in [6.45, 7) is 10.5. The smallest absolute Gasteiger partial charge is 0.191 e. The highest BCUT2D eigenvalue weighted by Gasteiger charge is 2.13. The van der Waals surface area contributed by atoms with Crippen molar-refractivity contribution in [3.63, 3.8) is 0 Å². The second-order valence-electron chi connectivity index (χ2n) is 7.26. The number of aryl methyl sites for hydroxylation is 1. The molecule has 7 nitrogen and oxygen atoms in total. The van der Waals surface area contributed by atoms with Crippen LogP contribution in [0.25, 0.3) is 5.65 Å². The number of nitrogens with zero attached hydrogens (tertiary/aromatic N) is 4. The third-order valence-electron chi connectivity index (χ3n) is 5.12. The molecule has 0 atom stereocenters. The standard InChI is InChI=1S/C22H32N6O.HI/c1-5-17(6-2)20-13-19(29-27-20)14-25-22(23-7-3)24-11-10-18-15-28-12-8-9-16(4)21(28)26-18;/h8-9,12-13,15,17H,5-7,10-11,14H2,1-4H3,(H2,23,24,25);1H. The van der Waals surface area contributed by atoms with E-state index in [2.05, 4.69) is 65.1 Å². The van der Waals surface area contributed by atoms with Crippen LogP contribution in [0.5, 0.6) is 0 Å². The molecule has 0 aliphatic heterocycles. The molecule has 3 rings (SSSR count). The lowest BCUT2D eigenvalue weighted by molar-refractivity contribution is 0.372. The number of hydrogen-bond donors (Lipinski definition) is 2.